The normalized spacial score (nSPS) is 15.9. The predicted octanol–water partition coefficient (Wildman–Crippen LogP) is 9.68. The minimum Gasteiger partial charge on any atom is -0.493 e. The lowest BCUT2D eigenvalue weighted by atomic mass is 9.63. The first kappa shape index (κ1) is 27.2. The van der Waals surface area contributed by atoms with Gasteiger partial charge in [-0.25, -0.2) is 4.79 Å². The lowest BCUT2D eigenvalue weighted by Crippen LogP contribution is -2.33. The van der Waals surface area contributed by atoms with Crippen molar-refractivity contribution in [3.05, 3.63) is 65.2 Å². The minimum atomic E-state index is -0.948. The van der Waals surface area contributed by atoms with E-state index in [1.54, 1.807) is 6.07 Å². The van der Waals surface area contributed by atoms with Crippen LogP contribution in [0.1, 0.15) is 114 Å². The van der Waals surface area contributed by atoms with Crippen molar-refractivity contribution < 1.29 is 14.6 Å². The highest BCUT2D eigenvalue weighted by Gasteiger charge is 2.37. The van der Waals surface area contributed by atoms with Gasteiger partial charge in [0, 0.05) is 0 Å². The summed E-state index contributed by atoms with van der Waals surface area (Å²) >= 11 is 0. The maximum Gasteiger partial charge on any atom is 0.339 e. The molecule has 0 fully saturated rings. The van der Waals surface area contributed by atoms with Crippen LogP contribution in [-0.4, -0.2) is 17.7 Å². The van der Waals surface area contributed by atoms with Gasteiger partial charge in [-0.15, -0.1) is 0 Å². The molecule has 1 aliphatic carbocycles. The molecule has 0 spiro atoms. The Labute approximate surface area is 223 Å². The molecule has 0 saturated carbocycles. The lowest BCUT2D eigenvalue weighted by Gasteiger charge is -2.42. The summed E-state index contributed by atoms with van der Waals surface area (Å²) in [6.07, 6.45) is 10.8. The van der Waals surface area contributed by atoms with Crippen molar-refractivity contribution in [1.29, 1.82) is 0 Å². The first-order valence-corrected chi connectivity index (χ1v) is 14.2. The quantitative estimate of drug-likeness (QED) is 0.267. The number of carboxylic acids is 1. The molecule has 37 heavy (non-hydrogen) atoms. The highest BCUT2D eigenvalue weighted by Crippen LogP contribution is 2.47. The van der Waals surface area contributed by atoms with Gasteiger partial charge < -0.3 is 9.84 Å². The molecular formula is C34H44O3. The van der Waals surface area contributed by atoms with E-state index in [-0.39, 0.29) is 16.4 Å². The van der Waals surface area contributed by atoms with Gasteiger partial charge >= 0.3 is 5.97 Å². The van der Waals surface area contributed by atoms with E-state index < -0.39 is 5.97 Å². The lowest BCUT2D eigenvalue weighted by molar-refractivity contribution is 0.0692. The van der Waals surface area contributed by atoms with E-state index in [4.69, 9.17) is 4.74 Å². The molecule has 0 saturated heterocycles. The van der Waals surface area contributed by atoms with Gasteiger partial charge in [-0.2, -0.15) is 0 Å². The number of unbranched alkanes of at least 4 members (excludes halogenated alkanes) is 6. The number of carboxylic acid groups (broad SMARTS) is 1. The zero-order valence-electron chi connectivity index (χ0n) is 23.5. The molecule has 0 aromatic heterocycles. The second-order valence-electron chi connectivity index (χ2n) is 12.2. The number of carbonyl (C=O) groups is 1. The topological polar surface area (TPSA) is 46.5 Å². The second-order valence-corrected chi connectivity index (χ2v) is 12.2. The van der Waals surface area contributed by atoms with Gasteiger partial charge in [0.05, 0.1) is 6.61 Å². The maximum absolute atomic E-state index is 11.8. The molecule has 3 aromatic carbocycles. The Morgan fingerprint density at radius 2 is 1.32 bits per heavy atom. The van der Waals surface area contributed by atoms with Gasteiger partial charge in [0.2, 0.25) is 0 Å². The minimum absolute atomic E-state index is 0.162. The van der Waals surface area contributed by atoms with Crippen LogP contribution in [0.4, 0.5) is 0 Å². The van der Waals surface area contributed by atoms with E-state index in [1.807, 2.05) is 12.1 Å². The van der Waals surface area contributed by atoms with Crippen LogP contribution in [0.15, 0.2) is 48.5 Å². The Morgan fingerprint density at radius 3 is 1.97 bits per heavy atom. The van der Waals surface area contributed by atoms with E-state index in [0.29, 0.717) is 12.4 Å². The standard InChI is InChI=1S/C34H44O3/c1-6-7-8-9-10-11-12-19-37-31-23-26(15-16-28(31)32(35)36)24-13-14-25-21-29-30(22-27(25)20-24)34(4,5)18-17-33(29,2)3/h13-16,20-23H,6-12,17-19H2,1-5H3,(H,35,36). The fourth-order valence-electron chi connectivity index (χ4n) is 5.73. The summed E-state index contributed by atoms with van der Waals surface area (Å²) in [6.45, 7) is 12.2. The largest absolute Gasteiger partial charge is 0.493 e. The van der Waals surface area contributed by atoms with E-state index in [9.17, 15) is 9.90 Å². The van der Waals surface area contributed by atoms with E-state index >= 15 is 0 Å². The van der Waals surface area contributed by atoms with Crippen molar-refractivity contribution in [2.24, 2.45) is 0 Å². The molecular weight excluding hydrogens is 456 g/mol. The fraction of sp³-hybridized carbons (Fsp3) is 0.500. The third-order valence-electron chi connectivity index (χ3n) is 8.36. The van der Waals surface area contributed by atoms with E-state index in [1.165, 1.54) is 66.8 Å². The average Bonchev–Trinajstić information content (AvgIpc) is 2.87. The first-order chi connectivity index (χ1) is 17.6. The van der Waals surface area contributed by atoms with Gasteiger partial charge in [0.25, 0.3) is 0 Å². The Hall–Kier alpha value is -2.81. The van der Waals surface area contributed by atoms with Gasteiger partial charge in [0.1, 0.15) is 11.3 Å². The van der Waals surface area contributed by atoms with Crippen molar-refractivity contribution in [3.8, 4) is 16.9 Å². The molecule has 0 bridgehead atoms. The SMILES string of the molecule is CCCCCCCCCOc1cc(-c2ccc3cc4c(cc3c2)C(C)(C)CCC4(C)C)ccc1C(=O)O. The van der Waals surface area contributed by atoms with E-state index in [0.717, 1.165) is 24.0 Å². The first-order valence-electron chi connectivity index (χ1n) is 14.2. The second kappa shape index (κ2) is 11.3. The molecule has 1 aliphatic rings. The highest BCUT2D eigenvalue weighted by atomic mass is 16.5. The fourth-order valence-corrected chi connectivity index (χ4v) is 5.73. The van der Waals surface area contributed by atoms with Crippen LogP contribution < -0.4 is 4.74 Å². The summed E-state index contributed by atoms with van der Waals surface area (Å²) in [4.78, 5) is 11.8. The highest BCUT2D eigenvalue weighted by molar-refractivity contribution is 5.93. The molecule has 4 rings (SSSR count). The molecule has 3 nitrogen and oxygen atoms in total. The maximum atomic E-state index is 11.8. The molecule has 0 aliphatic heterocycles. The molecule has 3 aromatic rings. The predicted molar refractivity (Wildman–Crippen MR) is 155 cm³/mol. The van der Waals surface area contributed by atoms with Crippen LogP contribution >= 0.6 is 0 Å². The summed E-state index contributed by atoms with van der Waals surface area (Å²) in [7, 11) is 0. The Kier molecular flexibility index (Phi) is 8.31. The number of ether oxygens (including phenoxy) is 1. The Bertz CT molecular complexity index is 1250. The van der Waals surface area contributed by atoms with Crippen molar-refractivity contribution in [2.45, 2.75) is 103 Å². The third-order valence-corrected chi connectivity index (χ3v) is 8.36. The van der Waals surface area contributed by atoms with Crippen LogP contribution in [0.3, 0.4) is 0 Å². The molecule has 198 valence electrons. The number of aromatic carboxylic acids is 1. The Morgan fingerprint density at radius 1 is 0.757 bits per heavy atom. The van der Waals surface area contributed by atoms with Gasteiger partial charge in [-0.1, -0.05) is 103 Å². The van der Waals surface area contributed by atoms with Crippen molar-refractivity contribution in [1.82, 2.24) is 0 Å². The Balaban J connectivity index is 1.57. The summed E-state index contributed by atoms with van der Waals surface area (Å²) in [6, 6.07) is 16.8. The molecule has 0 unspecified atom stereocenters. The van der Waals surface area contributed by atoms with Crippen molar-refractivity contribution in [3.63, 3.8) is 0 Å². The summed E-state index contributed by atoms with van der Waals surface area (Å²) in [5, 5.41) is 12.2. The summed E-state index contributed by atoms with van der Waals surface area (Å²) in [5.74, 6) is -0.486. The number of fused-ring (bicyclic) bond motifs is 2. The number of rotatable bonds is 11. The summed E-state index contributed by atoms with van der Waals surface area (Å²) in [5.41, 5.74) is 5.56. The number of hydrogen-bond donors (Lipinski definition) is 1. The molecule has 3 heteroatoms. The molecule has 0 heterocycles. The molecule has 0 atom stereocenters. The van der Waals surface area contributed by atoms with Gasteiger partial charge in [0.15, 0.2) is 0 Å². The zero-order chi connectivity index (χ0) is 26.6. The molecule has 0 amide bonds. The van der Waals surface area contributed by atoms with Crippen LogP contribution in [0, 0.1) is 0 Å². The van der Waals surface area contributed by atoms with Crippen molar-refractivity contribution >= 4 is 16.7 Å². The number of hydrogen-bond acceptors (Lipinski definition) is 2. The van der Waals surface area contributed by atoms with E-state index in [2.05, 4.69) is 65.0 Å². The van der Waals surface area contributed by atoms with Crippen LogP contribution in [0.25, 0.3) is 21.9 Å². The summed E-state index contributed by atoms with van der Waals surface area (Å²) < 4.78 is 6.02. The molecule has 1 N–H and O–H groups in total. The average molecular weight is 501 g/mol. The molecule has 0 radical (unpaired) electrons. The smallest absolute Gasteiger partial charge is 0.339 e. The number of benzene rings is 3. The zero-order valence-corrected chi connectivity index (χ0v) is 23.5. The van der Waals surface area contributed by atoms with Crippen LogP contribution in [0.5, 0.6) is 5.75 Å². The van der Waals surface area contributed by atoms with Crippen LogP contribution in [-0.2, 0) is 10.8 Å². The van der Waals surface area contributed by atoms with Crippen LogP contribution in [0.2, 0.25) is 0 Å². The monoisotopic (exact) mass is 500 g/mol. The van der Waals surface area contributed by atoms with Crippen molar-refractivity contribution in [2.75, 3.05) is 6.61 Å². The third kappa shape index (κ3) is 6.20. The van der Waals surface area contributed by atoms with Gasteiger partial charge in [-0.05, 0) is 81.3 Å². The van der Waals surface area contributed by atoms with Gasteiger partial charge in [-0.3, -0.25) is 0 Å².